The number of rotatable bonds is 5. The van der Waals surface area contributed by atoms with E-state index in [9.17, 15) is 9.59 Å². The van der Waals surface area contributed by atoms with Gasteiger partial charge in [-0.3, -0.25) is 9.59 Å². The van der Waals surface area contributed by atoms with Gasteiger partial charge in [-0.2, -0.15) is 0 Å². The molecular weight excluding hydrogens is 242 g/mol. The van der Waals surface area contributed by atoms with Crippen molar-refractivity contribution < 1.29 is 9.59 Å². The van der Waals surface area contributed by atoms with Gasteiger partial charge in [0.2, 0.25) is 11.8 Å². The molecule has 1 fully saturated rings. The Hall–Kier alpha value is -1.10. The number of hydrogen-bond acceptors (Lipinski definition) is 3. The summed E-state index contributed by atoms with van der Waals surface area (Å²) >= 11 is 0. The molecule has 5 nitrogen and oxygen atoms in total. The lowest BCUT2D eigenvalue weighted by Crippen LogP contribution is -2.37. The quantitative estimate of drug-likeness (QED) is 0.804. The zero-order valence-corrected chi connectivity index (χ0v) is 12.2. The van der Waals surface area contributed by atoms with Crippen LogP contribution >= 0.6 is 0 Å². The first-order valence-electron chi connectivity index (χ1n) is 7.34. The molecule has 0 aromatic carbocycles. The maximum atomic E-state index is 12.1. The molecule has 1 aliphatic heterocycles. The Morgan fingerprint density at radius 1 is 1.11 bits per heavy atom. The van der Waals surface area contributed by atoms with E-state index in [2.05, 4.69) is 6.92 Å². The minimum Gasteiger partial charge on any atom is -0.341 e. The van der Waals surface area contributed by atoms with Gasteiger partial charge in [0.15, 0.2) is 0 Å². The van der Waals surface area contributed by atoms with Gasteiger partial charge >= 0.3 is 0 Å². The van der Waals surface area contributed by atoms with Crippen LogP contribution in [-0.2, 0) is 9.59 Å². The third-order valence-corrected chi connectivity index (χ3v) is 3.76. The number of hydrogen-bond donors (Lipinski definition) is 1. The molecule has 0 aromatic heterocycles. The van der Waals surface area contributed by atoms with E-state index in [1.54, 1.807) is 0 Å². The van der Waals surface area contributed by atoms with Crippen LogP contribution in [0.4, 0.5) is 0 Å². The van der Waals surface area contributed by atoms with E-state index in [4.69, 9.17) is 5.73 Å². The molecule has 1 unspecified atom stereocenters. The van der Waals surface area contributed by atoms with E-state index in [1.165, 1.54) is 0 Å². The molecule has 1 atom stereocenters. The normalized spacial score (nSPS) is 18.1. The highest BCUT2D eigenvalue weighted by Gasteiger charge is 2.21. The van der Waals surface area contributed by atoms with Gasteiger partial charge in [0.1, 0.15) is 0 Å². The Kier molecular flexibility index (Phi) is 6.84. The maximum Gasteiger partial charge on any atom is 0.222 e. The average Bonchev–Trinajstić information content (AvgIpc) is 2.69. The summed E-state index contributed by atoms with van der Waals surface area (Å²) in [4.78, 5) is 27.5. The summed E-state index contributed by atoms with van der Waals surface area (Å²) in [6.45, 7) is 7.46. The van der Waals surface area contributed by atoms with Crippen LogP contribution in [0.1, 0.15) is 39.5 Å². The molecular formula is C14H27N3O2. The largest absolute Gasteiger partial charge is 0.341 e. The predicted molar refractivity (Wildman–Crippen MR) is 75.5 cm³/mol. The molecule has 0 radical (unpaired) electrons. The molecule has 0 aliphatic carbocycles. The summed E-state index contributed by atoms with van der Waals surface area (Å²) < 4.78 is 0. The molecule has 1 saturated heterocycles. The predicted octanol–water partition coefficient (Wildman–Crippen LogP) is 0.832. The first-order valence-corrected chi connectivity index (χ1v) is 7.34. The number of amides is 2. The summed E-state index contributed by atoms with van der Waals surface area (Å²) in [7, 11) is 0. The Bertz CT molecular complexity index is 307. The smallest absolute Gasteiger partial charge is 0.222 e. The third kappa shape index (κ3) is 5.19. The molecule has 0 saturated carbocycles. The van der Waals surface area contributed by atoms with Gasteiger partial charge in [0, 0.05) is 39.0 Å². The lowest BCUT2D eigenvalue weighted by Gasteiger charge is -2.22. The second-order valence-electron chi connectivity index (χ2n) is 5.35. The van der Waals surface area contributed by atoms with Crippen LogP contribution in [0.15, 0.2) is 0 Å². The monoisotopic (exact) mass is 269 g/mol. The van der Waals surface area contributed by atoms with Crippen molar-refractivity contribution in [3.8, 4) is 0 Å². The second-order valence-corrected chi connectivity index (χ2v) is 5.35. The van der Waals surface area contributed by atoms with Crippen molar-refractivity contribution in [3.05, 3.63) is 0 Å². The Labute approximate surface area is 116 Å². The number of nitrogens with zero attached hydrogens (tertiary/aromatic N) is 2. The Balaban J connectivity index is 2.39. The highest BCUT2D eigenvalue weighted by molar-refractivity contribution is 5.77. The van der Waals surface area contributed by atoms with E-state index in [-0.39, 0.29) is 11.8 Å². The average molecular weight is 269 g/mol. The van der Waals surface area contributed by atoms with Crippen molar-refractivity contribution in [2.45, 2.75) is 39.5 Å². The van der Waals surface area contributed by atoms with Crippen LogP contribution in [0, 0.1) is 5.92 Å². The molecule has 5 heteroatoms. The van der Waals surface area contributed by atoms with E-state index in [0.29, 0.717) is 38.4 Å². The summed E-state index contributed by atoms with van der Waals surface area (Å²) in [5.41, 5.74) is 5.56. The first-order chi connectivity index (χ1) is 9.08. The SMILES string of the molecule is CCC(=O)N1CCCN(C(=O)CCC(C)CN)CC1. The molecule has 110 valence electrons. The molecule has 1 rings (SSSR count). The van der Waals surface area contributed by atoms with Crippen molar-refractivity contribution in [1.29, 1.82) is 0 Å². The molecule has 0 spiro atoms. The molecule has 0 aromatic rings. The van der Waals surface area contributed by atoms with Gasteiger partial charge < -0.3 is 15.5 Å². The van der Waals surface area contributed by atoms with Gasteiger partial charge in [0.05, 0.1) is 0 Å². The topological polar surface area (TPSA) is 66.6 Å². The molecule has 2 N–H and O–H groups in total. The van der Waals surface area contributed by atoms with Crippen molar-refractivity contribution in [3.63, 3.8) is 0 Å². The summed E-state index contributed by atoms with van der Waals surface area (Å²) in [6, 6.07) is 0. The van der Waals surface area contributed by atoms with Gasteiger partial charge in [-0.15, -0.1) is 0 Å². The fraction of sp³-hybridized carbons (Fsp3) is 0.857. The van der Waals surface area contributed by atoms with Crippen molar-refractivity contribution in [1.82, 2.24) is 9.80 Å². The van der Waals surface area contributed by atoms with Crippen LogP contribution < -0.4 is 5.73 Å². The highest BCUT2D eigenvalue weighted by Crippen LogP contribution is 2.10. The summed E-state index contributed by atoms with van der Waals surface area (Å²) in [5, 5.41) is 0. The fourth-order valence-electron chi connectivity index (χ4n) is 2.29. The number of nitrogens with two attached hydrogens (primary N) is 1. The number of carbonyl (C=O) groups excluding carboxylic acids is 2. The summed E-state index contributed by atoms with van der Waals surface area (Å²) in [5.74, 6) is 0.784. The Morgan fingerprint density at radius 2 is 1.68 bits per heavy atom. The van der Waals surface area contributed by atoms with Gasteiger partial charge in [0.25, 0.3) is 0 Å². The minimum absolute atomic E-state index is 0.186. The lowest BCUT2D eigenvalue weighted by molar-refractivity contribution is -0.133. The highest BCUT2D eigenvalue weighted by atomic mass is 16.2. The molecule has 1 aliphatic rings. The van der Waals surface area contributed by atoms with Crippen molar-refractivity contribution in [2.75, 3.05) is 32.7 Å². The zero-order chi connectivity index (χ0) is 14.3. The molecule has 0 bridgehead atoms. The second kappa shape index (κ2) is 8.15. The van der Waals surface area contributed by atoms with Gasteiger partial charge in [-0.1, -0.05) is 13.8 Å². The van der Waals surface area contributed by atoms with Crippen molar-refractivity contribution in [2.24, 2.45) is 11.7 Å². The van der Waals surface area contributed by atoms with E-state index in [0.717, 1.165) is 25.9 Å². The molecule has 1 heterocycles. The van der Waals surface area contributed by atoms with Gasteiger partial charge in [-0.25, -0.2) is 0 Å². The lowest BCUT2D eigenvalue weighted by atomic mass is 10.1. The fourth-order valence-corrected chi connectivity index (χ4v) is 2.29. The van der Waals surface area contributed by atoms with Gasteiger partial charge in [-0.05, 0) is 25.3 Å². The zero-order valence-electron chi connectivity index (χ0n) is 12.2. The third-order valence-electron chi connectivity index (χ3n) is 3.76. The van der Waals surface area contributed by atoms with E-state index in [1.807, 2.05) is 16.7 Å². The molecule has 2 amide bonds. The standard InChI is InChI=1S/C14H27N3O2/c1-3-13(18)16-7-4-8-17(10-9-16)14(19)6-5-12(2)11-15/h12H,3-11,15H2,1-2H3. The van der Waals surface area contributed by atoms with Crippen LogP contribution in [0.3, 0.4) is 0 Å². The van der Waals surface area contributed by atoms with Crippen LogP contribution in [0.2, 0.25) is 0 Å². The van der Waals surface area contributed by atoms with Crippen molar-refractivity contribution >= 4 is 11.8 Å². The van der Waals surface area contributed by atoms with Crippen LogP contribution in [0.5, 0.6) is 0 Å². The van der Waals surface area contributed by atoms with Crippen LogP contribution in [0.25, 0.3) is 0 Å². The Morgan fingerprint density at radius 3 is 2.21 bits per heavy atom. The summed E-state index contributed by atoms with van der Waals surface area (Å²) in [6.07, 6.45) is 2.84. The van der Waals surface area contributed by atoms with Crippen LogP contribution in [-0.4, -0.2) is 54.3 Å². The van der Waals surface area contributed by atoms with E-state index < -0.39 is 0 Å². The minimum atomic E-state index is 0.186. The first kappa shape index (κ1) is 16.0. The maximum absolute atomic E-state index is 12.1. The van der Waals surface area contributed by atoms with E-state index >= 15 is 0 Å². The molecule has 19 heavy (non-hydrogen) atoms. The number of carbonyl (C=O) groups is 2.